The van der Waals surface area contributed by atoms with Crippen molar-refractivity contribution in [1.29, 1.82) is 5.26 Å². The number of benzene rings is 2. The standard InChI is InChI=1S/C36H40N10S2/c1-8-11-20-45(34-38-25-16-12-14-18-27(25)47-34)29-21-23(4)30(33(40-29)44(9-2)10-3)41-42-32-24(22-37)31(36(5,6)7)43-46(32)35-39-26-17-13-15-19-28(26)48-35/h12-19,21H,8-11,20H2,1-7H3. The van der Waals surface area contributed by atoms with E-state index in [1.165, 1.54) is 11.3 Å². The number of para-hydroxylation sites is 2. The summed E-state index contributed by atoms with van der Waals surface area (Å²) >= 11 is 3.18. The van der Waals surface area contributed by atoms with Gasteiger partial charge in [-0.25, -0.2) is 15.0 Å². The first-order chi connectivity index (χ1) is 23.2. The van der Waals surface area contributed by atoms with Crippen molar-refractivity contribution in [2.24, 2.45) is 10.2 Å². The van der Waals surface area contributed by atoms with Crippen LogP contribution in [0, 0.1) is 18.3 Å². The lowest BCUT2D eigenvalue weighted by Crippen LogP contribution is -2.25. The van der Waals surface area contributed by atoms with Gasteiger partial charge in [-0.15, -0.1) is 10.2 Å². The summed E-state index contributed by atoms with van der Waals surface area (Å²) in [4.78, 5) is 19.5. The Hall–Kier alpha value is -4.73. The number of rotatable bonds is 11. The van der Waals surface area contributed by atoms with Gasteiger partial charge in [-0.2, -0.15) is 15.0 Å². The second-order valence-corrected chi connectivity index (χ2v) is 14.6. The molecule has 0 bridgehead atoms. The molecule has 0 saturated carbocycles. The zero-order valence-corrected chi connectivity index (χ0v) is 30.2. The minimum atomic E-state index is -0.397. The average molecular weight is 677 g/mol. The largest absolute Gasteiger partial charge is 0.355 e. The third kappa shape index (κ3) is 6.40. The Morgan fingerprint density at radius 3 is 2.17 bits per heavy atom. The van der Waals surface area contributed by atoms with Crippen LogP contribution in [0.5, 0.6) is 0 Å². The third-order valence-electron chi connectivity index (χ3n) is 8.13. The topological polar surface area (TPSA) is 111 Å². The van der Waals surface area contributed by atoms with E-state index in [0.717, 1.165) is 75.2 Å². The quantitative estimate of drug-likeness (QED) is 0.126. The summed E-state index contributed by atoms with van der Waals surface area (Å²) < 4.78 is 3.84. The first-order valence-corrected chi connectivity index (χ1v) is 18.0. The number of aromatic nitrogens is 5. The van der Waals surface area contributed by atoms with E-state index in [1.807, 2.05) is 64.1 Å². The molecular formula is C36H40N10S2. The fourth-order valence-corrected chi connectivity index (χ4v) is 7.47. The molecule has 0 radical (unpaired) electrons. The number of azo groups is 1. The molecule has 6 aromatic rings. The van der Waals surface area contributed by atoms with Crippen LogP contribution in [-0.2, 0) is 5.41 Å². The van der Waals surface area contributed by atoms with E-state index < -0.39 is 5.41 Å². The van der Waals surface area contributed by atoms with E-state index in [-0.39, 0.29) is 0 Å². The molecule has 0 aliphatic carbocycles. The van der Waals surface area contributed by atoms with E-state index in [4.69, 9.17) is 30.3 Å². The zero-order valence-electron chi connectivity index (χ0n) is 28.5. The number of nitrogens with zero attached hydrogens (tertiary/aromatic N) is 10. The molecule has 6 rings (SSSR count). The second-order valence-electron chi connectivity index (χ2n) is 12.6. The predicted octanol–water partition coefficient (Wildman–Crippen LogP) is 10.2. The van der Waals surface area contributed by atoms with E-state index >= 15 is 0 Å². The molecule has 0 fully saturated rings. The van der Waals surface area contributed by atoms with E-state index in [9.17, 15) is 5.26 Å². The van der Waals surface area contributed by atoms with Crippen molar-refractivity contribution in [2.45, 2.75) is 66.7 Å². The van der Waals surface area contributed by atoms with Gasteiger partial charge in [0, 0.05) is 25.0 Å². The number of aryl methyl sites for hydroxylation is 1. The lowest BCUT2D eigenvalue weighted by molar-refractivity contribution is 0.559. The molecule has 246 valence electrons. The monoisotopic (exact) mass is 676 g/mol. The number of pyridine rings is 1. The fourth-order valence-electron chi connectivity index (χ4n) is 5.55. The summed E-state index contributed by atoms with van der Waals surface area (Å²) in [5.41, 5.74) is 4.07. The molecule has 2 aromatic carbocycles. The molecule has 10 nitrogen and oxygen atoms in total. The maximum absolute atomic E-state index is 10.4. The van der Waals surface area contributed by atoms with Crippen molar-refractivity contribution < 1.29 is 0 Å². The normalized spacial score (nSPS) is 12.0. The van der Waals surface area contributed by atoms with Crippen molar-refractivity contribution in [2.75, 3.05) is 29.4 Å². The molecule has 4 aromatic heterocycles. The van der Waals surface area contributed by atoms with Crippen LogP contribution in [0.3, 0.4) is 0 Å². The van der Waals surface area contributed by atoms with E-state index in [1.54, 1.807) is 16.0 Å². The van der Waals surface area contributed by atoms with Crippen LogP contribution in [0.4, 0.5) is 28.3 Å². The summed E-state index contributed by atoms with van der Waals surface area (Å²) in [5.74, 6) is 1.92. The molecule has 0 aliphatic rings. The van der Waals surface area contributed by atoms with Crippen molar-refractivity contribution in [3.63, 3.8) is 0 Å². The average Bonchev–Trinajstić information content (AvgIpc) is 3.79. The van der Waals surface area contributed by atoms with Crippen molar-refractivity contribution in [1.82, 2.24) is 24.7 Å². The molecule has 0 unspecified atom stereocenters. The first kappa shape index (κ1) is 33.2. The lowest BCUT2D eigenvalue weighted by Gasteiger charge is -2.26. The van der Waals surface area contributed by atoms with E-state index in [2.05, 4.69) is 54.8 Å². The number of thiazole rings is 2. The zero-order chi connectivity index (χ0) is 34.0. The highest BCUT2D eigenvalue weighted by Crippen LogP contribution is 2.41. The van der Waals surface area contributed by atoms with Crippen LogP contribution in [0.1, 0.15) is 71.2 Å². The molecule has 0 atom stereocenters. The molecule has 0 N–H and O–H groups in total. The van der Waals surface area contributed by atoms with Crippen LogP contribution >= 0.6 is 22.7 Å². The number of hydrogen-bond acceptors (Lipinski definition) is 11. The number of nitriles is 1. The Bertz CT molecular complexity index is 2070. The summed E-state index contributed by atoms with van der Waals surface area (Å²) in [6.45, 7) is 16.9. The maximum atomic E-state index is 10.4. The molecule has 0 saturated heterocycles. The molecule has 0 aliphatic heterocycles. The Labute approximate surface area is 289 Å². The summed E-state index contributed by atoms with van der Waals surface area (Å²) in [7, 11) is 0. The highest BCUT2D eigenvalue weighted by molar-refractivity contribution is 7.22. The van der Waals surface area contributed by atoms with Gasteiger partial charge in [0.25, 0.3) is 0 Å². The Kier molecular flexibility index (Phi) is 9.53. The van der Waals surface area contributed by atoms with Gasteiger partial charge in [0.2, 0.25) is 5.13 Å². The van der Waals surface area contributed by atoms with Crippen LogP contribution in [0.15, 0.2) is 64.8 Å². The molecule has 48 heavy (non-hydrogen) atoms. The summed E-state index contributed by atoms with van der Waals surface area (Å²) in [5, 5.41) is 26.5. The minimum absolute atomic E-state index is 0.356. The number of fused-ring (bicyclic) bond motifs is 2. The highest BCUT2D eigenvalue weighted by Gasteiger charge is 2.29. The second kappa shape index (κ2) is 13.8. The molecule has 0 spiro atoms. The predicted molar refractivity (Wildman–Crippen MR) is 198 cm³/mol. The van der Waals surface area contributed by atoms with Crippen LogP contribution in [-0.4, -0.2) is 44.4 Å². The van der Waals surface area contributed by atoms with Gasteiger partial charge in [0.15, 0.2) is 16.8 Å². The minimum Gasteiger partial charge on any atom is -0.355 e. The Morgan fingerprint density at radius 1 is 0.896 bits per heavy atom. The fraction of sp³-hybridized carbons (Fsp3) is 0.361. The van der Waals surface area contributed by atoms with Crippen LogP contribution in [0.2, 0.25) is 0 Å². The SMILES string of the molecule is CCCCN(c1cc(C)c(N=Nc2c(C#N)c(C(C)(C)C)nn2-c2nc3ccccc3s2)c(N(CC)CC)n1)c1nc2ccccc2s1. The molecule has 0 amide bonds. The lowest BCUT2D eigenvalue weighted by atomic mass is 9.90. The smallest absolute Gasteiger partial charge is 0.213 e. The van der Waals surface area contributed by atoms with Crippen molar-refractivity contribution in [3.8, 4) is 11.2 Å². The van der Waals surface area contributed by atoms with Gasteiger partial charge in [-0.3, -0.25) is 0 Å². The Balaban J connectivity index is 1.50. The first-order valence-electron chi connectivity index (χ1n) is 16.4. The van der Waals surface area contributed by atoms with Crippen LogP contribution < -0.4 is 9.80 Å². The Morgan fingerprint density at radius 2 is 1.56 bits per heavy atom. The van der Waals surface area contributed by atoms with Gasteiger partial charge in [0.05, 0.1) is 26.1 Å². The maximum Gasteiger partial charge on any atom is 0.213 e. The number of unbranched alkanes of at least 4 members (excludes halogenated alkanes) is 1. The van der Waals surface area contributed by atoms with Crippen molar-refractivity contribution in [3.05, 3.63) is 71.4 Å². The van der Waals surface area contributed by atoms with Crippen LogP contribution in [0.25, 0.3) is 25.6 Å². The third-order valence-corrected chi connectivity index (χ3v) is 10.2. The van der Waals surface area contributed by atoms with Gasteiger partial charge < -0.3 is 9.80 Å². The molecule has 4 heterocycles. The number of hydrogen-bond donors (Lipinski definition) is 0. The molecule has 12 heteroatoms. The van der Waals surface area contributed by atoms with Gasteiger partial charge in [-0.1, -0.05) is 81.1 Å². The van der Waals surface area contributed by atoms with Gasteiger partial charge in [-0.05, 0) is 63.1 Å². The highest BCUT2D eigenvalue weighted by atomic mass is 32.1. The van der Waals surface area contributed by atoms with E-state index in [0.29, 0.717) is 27.9 Å². The summed E-state index contributed by atoms with van der Waals surface area (Å²) in [6.07, 6.45) is 2.05. The number of anilines is 3. The summed E-state index contributed by atoms with van der Waals surface area (Å²) in [6, 6.07) is 20.6. The van der Waals surface area contributed by atoms with Gasteiger partial charge >= 0.3 is 0 Å². The van der Waals surface area contributed by atoms with Crippen molar-refractivity contribution >= 4 is 71.4 Å². The molecular weight excluding hydrogens is 637 g/mol. The van der Waals surface area contributed by atoms with Gasteiger partial charge in [0.1, 0.15) is 23.1 Å².